The van der Waals surface area contributed by atoms with Gasteiger partial charge in [-0.05, 0) is 48.7 Å². The normalized spacial score (nSPS) is 10.6. The van der Waals surface area contributed by atoms with E-state index in [9.17, 15) is 0 Å². The first-order valence-corrected chi connectivity index (χ1v) is 8.27. The summed E-state index contributed by atoms with van der Waals surface area (Å²) in [5.74, 6) is 0.410. The molecule has 1 aromatic heterocycles. The van der Waals surface area contributed by atoms with Crippen LogP contribution in [0.15, 0.2) is 42.6 Å². The lowest BCUT2D eigenvalue weighted by Gasteiger charge is -2.07. The van der Waals surface area contributed by atoms with Crippen molar-refractivity contribution in [3.8, 4) is 17.0 Å². The van der Waals surface area contributed by atoms with E-state index in [1.165, 1.54) is 37.7 Å². The molecule has 122 valence electrons. The van der Waals surface area contributed by atoms with Crippen molar-refractivity contribution in [2.75, 3.05) is 0 Å². The van der Waals surface area contributed by atoms with Gasteiger partial charge in [0.25, 0.3) is 0 Å². The number of hydrogen-bond donors (Lipinski definition) is 2. The molecule has 0 atom stereocenters. The van der Waals surface area contributed by atoms with Gasteiger partial charge in [-0.15, -0.1) is 0 Å². The van der Waals surface area contributed by atoms with Gasteiger partial charge in [0.05, 0.1) is 5.69 Å². The fourth-order valence-corrected chi connectivity index (χ4v) is 2.50. The predicted octanol–water partition coefficient (Wildman–Crippen LogP) is 3.61. The van der Waals surface area contributed by atoms with Crippen LogP contribution in [0.25, 0.3) is 11.3 Å². The Labute approximate surface area is 138 Å². The quantitative estimate of drug-likeness (QED) is 0.548. The number of benzene rings is 1. The molecule has 23 heavy (non-hydrogen) atoms. The molecule has 2 aromatic rings. The third-order valence-corrected chi connectivity index (χ3v) is 3.79. The molecule has 0 bridgehead atoms. The van der Waals surface area contributed by atoms with Crippen molar-refractivity contribution in [2.24, 2.45) is 0 Å². The fourth-order valence-electron chi connectivity index (χ4n) is 2.50. The van der Waals surface area contributed by atoms with Gasteiger partial charge < -0.3 is 14.7 Å². The van der Waals surface area contributed by atoms with Crippen LogP contribution in [-0.4, -0.2) is 22.4 Å². The van der Waals surface area contributed by atoms with Crippen LogP contribution in [0, 0.1) is 0 Å². The van der Waals surface area contributed by atoms with E-state index in [-0.39, 0.29) is 0 Å². The molecular formula is C18H24BNO3. The van der Waals surface area contributed by atoms with Gasteiger partial charge in [0, 0.05) is 11.8 Å². The fraction of sp³-hybridized carbons (Fsp3) is 0.389. The van der Waals surface area contributed by atoms with Crippen LogP contribution < -0.4 is 4.65 Å². The first-order valence-electron chi connectivity index (χ1n) is 8.27. The molecular weight excluding hydrogens is 289 g/mol. The second kappa shape index (κ2) is 9.33. The summed E-state index contributed by atoms with van der Waals surface area (Å²) in [5.41, 5.74) is 3.14. The zero-order chi connectivity index (χ0) is 16.5. The molecule has 1 aromatic carbocycles. The van der Waals surface area contributed by atoms with Crippen LogP contribution in [0.4, 0.5) is 0 Å². The van der Waals surface area contributed by atoms with Crippen LogP contribution in [0.1, 0.15) is 44.6 Å². The van der Waals surface area contributed by atoms with Gasteiger partial charge in [-0.3, -0.25) is 4.98 Å². The molecule has 0 radical (unpaired) electrons. The Hall–Kier alpha value is -1.85. The smallest absolute Gasteiger partial charge is 0.512 e. The summed E-state index contributed by atoms with van der Waals surface area (Å²) in [6.45, 7) is 2.23. The number of hydrogen-bond acceptors (Lipinski definition) is 4. The molecule has 2 rings (SSSR count). The second-order valence-corrected chi connectivity index (χ2v) is 5.68. The van der Waals surface area contributed by atoms with E-state index in [4.69, 9.17) is 14.7 Å². The molecule has 0 aliphatic carbocycles. The van der Waals surface area contributed by atoms with Crippen LogP contribution in [0.2, 0.25) is 0 Å². The highest BCUT2D eigenvalue weighted by molar-refractivity contribution is 6.33. The van der Waals surface area contributed by atoms with Gasteiger partial charge in [0.1, 0.15) is 5.75 Å². The monoisotopic (exact) mass is 313 g/mol. The average molecular weight is 313 g/mol. The van der Waals surface area contributed by atoms with Crippen molar-refractivity contribution >= 4 is 7.32 Å². The lowest BCUT2D eigenvalue weighted by molar-refractivity contribution is 0.288. The first-order chi connectivity index (χ1) is 11.2. The third-order valence-electron chi connectivity index (χ3n) is 3.79. The lowest BCUT2D eigenvalue weighted by Crippen LogP contribution is -2.20. The zero-order valence-corrected chi connectivity index (χ0v) is 13.6. The van der Waals surface area contributed by atoms with Gasteiger partial charge in [-0.25, -0.2) is 0 Å². The molecule has 0 amide bonds. The second-order valence-electron chi connectivity index (χ2n) is 5.68. The molecule has 0 aliphatic heterocycles. The first kappa shape index (κ1) is 17.5. The minimum atomic E-state index is -1.80. The molecule has 0 aliphatic rings. The summed E-state index contributed by atoms with van der Waals surface area (Å²) in [5, 5.41) is 17.5. The molecule has 0 saturated carbocycles. The molecule has 2 N–H and O–H groups in total. The Morgan fingerprint density at radius 3 is 2.30 bits per heavy atom. The van der Waals surface area contributed by atoms with E-state index in [1.807, 2.05) is 24.4 Å². The maximum Gasteiger partial charge on any atom is 0.707 e. The Kier molecular flexibility index (Phi) is 7.10. The summed E-state index contributed by atoms with van der Waals surface area (Å²) >= 11 is 0. The third kappa shape index (κ3) is 6.04. The maximum atomic E-state index is 8.76. The summed E-state index contributed by atoms with van der Waals surface area (Å²) in [6, 6.07) is 11.2. The highest BCUT2D eigenvalue weighted by Crippen LogP contribution is 2.21. The number of aryl methyl sites for hydroxylation is 1. The van der Waals surface area contributed by atoms with E-state index in [2.05, 4.69) is 18.0 Å². The van der Waals surface area contributed by atoms with Crippen LogP contribution in [0.3, 0.4) is 0 Å². The van der Waals surface area contributed by atoms with E-state index in [0.717, 1.165) is 17.7 Å². The van der Waals surface area contributed by atoms with E-state index < -0.39 is 7.32 Å². The summed E-state index contributed by atoms with van der Waals surface area (Å²) in [6.07, 6.45) is 9.44. The molecule has 1 heterocycles. The van der Waals surface area contributed by atoms with Crippen LogP contribution >= 0.6 is 0 Å². The number of nitrogens with zero attached hydrogens (tertiary/aromatic N) is 1. The van der Waals surface area contributed by atoms with Gasteiger partial charge in [0.15, 0.2) is 0 Å². The molecule has 0 saturated heterocycles. The Morgan fingerprint density at radius 2 is 1.70 bits per heavy atom. The van der Waals surface area contributed by atoms with Gasteiger partial charge in [0.2, 0.25) is 0 Å². The van der Waals surface area contributed by atoms with E-state index in [1.54, 1.807) is 12.1 Å². The number of rotatable bonds is 9. The van der Waals surface area contributed by atoms with Gasteiger partial charge in [-0.2, -0.15) is 0 Å². The number of pyridine rings is 1. The highest BCUT2D eigenvalue weighted by Gasteiger charge is 2.10. The lowest BCUT2D eigenvalue weighted by atomic mass is 10.1. The zero-order valence-electron chi connectivity index (χ0n) is 13.6. The highest BCUT2D eigenvalue weighted by atomic mass is 16.6. The standard InChI is InChI=1S/C18H24BNO3/c1-2-3-4-5-6-7-15-8-13-18(20-14-15)16-9-11-17(12-10-16)23-19(21)22/h8-14,21-22H,2-7H2,1H3. The Balaban J connectivity index is 1.88. The number of unbranched alkanes of at least 4 members (excludes halogenated alkanes) is 4. The van der Waals surface area contributed by atoms with Crippen molar-refractivity contribution < 1.29 is 14.7 Å². The summed E-state index contributed by atoms with van der Waals surface area (Å²) in [7, 11) is -1.80. The van der Waals surface area contributed by atoms with E-state index in [0.29, 0.717) is 5.75 Å². The van der Waals surface area contributed by atoms with Crippen LogP contribution in [-0.2, 0) is 6.42 Å². The molecule has 0 unspecified atom stereocenters. The minimum Gasteiger partial charge on any atom is -0.512 e. The van der Waals surface area contributed by atoms with Crippen LogP contribution in [0.5, 0.6) is 5.75 Å². The number of aromatic nitrogens is 1. The predicted molar refractivity (Wildman–Crippen MR) is 93.0 cm³/mol. The van der Waals surface area contributed by atoms with Crippen molar-refractivity contribution in [1.29, 1.82) is 0 Å². The van der Waals surface area contributed by atoms with Crippen molar-refractivity contribution in [3.05, 3.63) is 48.2 Å². The van der Waals surface area contributed by atoms with E-state index >= 15 is 0 Å². The summed E-state index contributed by atoms with van der Waals surface area (Å²) in [4.78, 5) is 4.52. The average Bonchev–Trinajstić information content (AvgIpc) is 2.55. The van der Waals surface area contributed by atoms with Crippen molar-refractivity contribution in [2.45, 2.75) is 45.4 Å². The largest absolute Gasteiger partial charge is 0.707 e. The maximum absolute atomic E-state index is 8.76. The molecule has 4 nitrogen and oxygen atoms in total. The van der Waals surface area contributed by atoms with Crippen molar-refractivity contribution in [3.63, 3.8) is 0 Å². The Bertz CT molecular complexity index is 570. The SMILES string of the molecule is CCCCCCCc1ccc(-c2ccc(OB(O)O)cc2)nc1. The van der Waals surface area contributed by atoms with Gasteiger partial charge in [-0.1, -0.05) is 38.7 Å². The summed E-state index contributed by atoms with van der Waals surface area (Å²) < 4.78 is 4.79. The molecule has 0 fully saturated rings. The molecule has 0 spiro atoms. The topological polar surface area (TPSA) is 62.6 Å². The van der Waals surface area contributed by atoms with Crippen molar-refractivity contribution in [1.82, 2.24) is 4.98 Å². The Morgan fingerprint density at radius 1 is 0.957 bits per heavy atom. The van der Waals surface area contributed by atoms with Gasteiger partial charge >= 0.3 is 7.32 Å². The minimum absolute atomic E-state index is 0.410. The molecule has 5 heteroatoms.